The number of nitrogens with one attached hydrogen (secondary N) is 2. The summed E-state index contributed by atoms with van der Waals surface area (Å²) < 4.78 is 166. The van der Waals surface area contributed by atoms with Crippen LogP contribution in [0.4, 0.5) is 0 Å². The second kappa shape index (κ2) is 54.8. The molecule has 28 atom stereocenters. The average molecular weight is 2020 g/mol. The number of ketones is 1. The molecule has 0 aliphatic carbocycles. The van der Waals surface area contributed by atoms with Crippen molar-refractivity contribution in [1.82, 2.24) is 10.6 Å². The molecule has 788 valence electrons. The molecule has 13 aliphatic rings. The van der Waals surface area contributed by atoms with E-state index >= 15 is 0 Å². The van der Waals surface area contributed by atoms with Crippen LogP contribution in [0.1, 0.15) is 156 Å². The Morgan fingerprint density at radius 1 is 0.446 bits per heavy atom. The summed E-state index contributed by atoms with van der Waals surface area (Å²) in [4.78, 5) is 69.6. The summed E-state index contributed by atoms with van der Waals surface area (Å²) in [5.74, 6) is -11.3. The Bertz CT molecular complexity index is 3910. The number of carboxylic acids is 2. The first-order chi connectivity index (χ1) is 63.9. The summed E-state index contributed by atoms with van der Waals surface area (Å²) in [7, 11) is 0. The van der Waals surface area contributed by atoms with Gasteiger partial charge in [0.05, 0.1) is 130 Å². The zero-order valence-corrected chi connectivity index (χ0v) is 86.0. The van der Waals surface area contributed by atoms with Crippen molar-refractivity contribution in [2.24, 2.45) is 17.2 Å². The van der Waals surface area contributed by atoms with E-state index < -0.39 is 212 Å². The number of amides is 2. The van der Waals surface area contributed by atoms with Gasteiger partial charge in [-0.05, 0) is 123 Å². The number of benzene rings is 1. The molecule has 0 radical (unpaired) electrons. The van der Waals surface area contributed by atoms with Gasteiger partial charge in [0.2, 0.25) is 11.8 Å². The predicted molar refractivity (Wildman–Crippen MR) is 460 cm³/mol. The summed E-state index contributed by atoms with van der Waals surface area (Å²) in [6.45, 7) is 33.7. The molecular formula is C89H147N5Na2O43. The van der Waals surface area contributed by atoms with E-state index in [1.807, 2.05) is 127 Å². The molecule has 139 heavy (non-hydrogen) atoms. The molecule has 1 aromatic rings. The predicted octanol–water partition coefficient (Wildman–Crippen LogP) is -9.96. The van der Waals surface area contributed by atoms with Crippen LogP contribution in [0.2, 0.25) is 0 Å². The number of hydrogen-bond acceptors (Lipinski definition) is 46. The van der Waals surface area contributed by atoms with Gasteiger partial charge in [0.25, 0.3) is 0 Å². The number of Topliss-reactive ketones (excluding diaryl/α,β-unsaturated/α-hetero) is 1. The van der Waals surface area contributed by atoms with Gasteiger partial charge < -0.3 is 216 Å². The van der Waals surface area contributed by atoms with Crippen molar-refractivity contribution in [3.05, 3.63) is 35.9 Å². The van der Waals surface area contributed by atoms with Gasteiger partial charge in [0.1, 0.15) is 129 Å². The first kappa shape index (κ1) is 123. The van der Waals surface area contributed by atoms with E-state index in [1.54, 1.807) is 13.8 Å². The maximum atomic E-state index is 12.2. The summed E-state index contributed by atoms with van der Waals surface area (Å²) in [6, 6.07) is 5.22. The second-order valence-corrected chi connectivity index (χ2v) is 37.8. The molecule has 13 fully saturated rings. The number of carbonyl (C=O) groups is 6. The fourth-order valence-corrected chi connectivity index (χ4v) is 16.8. The van der Waals surface area contributed by atoms with Crippen LogP contribution >= 0.6 is 0 Å². The number of carbonyl (C=O) groups excluding carboxylic acids is 6. The maximum Gasteiger partial charge on any atom is 1.00 e. The fraction of sp³-hybridized carbons (Fsp3) is 0.865. The number of ether oxygens (including phenoxy) is 29. The minimum atomic E-state index is -1.68. The molecular weight excluding hydrogens is 1870 g/mol. The van der Waals surface area contributed by atoms with Gasteiger partial charge in [-0.2, -0.15) is 0 Å². The molecule has 13 heterocycles. The standard InChI is InChI=1S/C27H40N2O10.C19H32N2O13.C16H29NO7.C14H24O7.C12H20O6.CH4.2Na/c1-26(2)35-16-19(37-26)21-22(23-25(36-21)39-27(3,4)38-23)33-13-12-32-11-10-29-24(31)18(28)14-20(30)34-15-17-8-6-5-7-9-17;20-9(18(29)30)6-13(24)21-10(7-14(25)26)11(23)2-1-3-32-4-5-33-17-15(27)12(8-22)34-19(31)16(17)28;1-15(2)20-9-10(22-15)11-12(19-8-7-18-6-5-17)13-14(21-11)24-16(3,4)23-13;1-13(2)17-7-8(19-13)9-10(16-6-5-15)11-12(18-9)21-14(3,4)20-11;1-11(2)14-5-6(16-11)8-7(13)9-10(15-8)18-12(3,4)17-9;;;/h5-9,18-19,21-23,25H,10-16,28H2,1-4H3,(H,29,31);9-10,12,15-17,19,22,27-28,31H,1-8,20H2,(H,21,24)(H,25,26)(H,29,30);10-14H,5-9,17H2,1-4H3;8-12,15H,5-7H2,1-4H3;6-10,13H,5H2,1-4H3;1H4;;/q;;;;;;2*+1/p-2/t18?,19?,21-,22-,23?,25-;9?,10?,12?,15-,16?,17+,19-;10?,11-,12-,13?,14-;8?,9-,10-,11?,12-;6?,7-,8-,9?,10-;;;/m11111.../s1. The largest absolute Gasteiger partial charge is 1.00 e. The topological polar surface area (TPSA) is 640 Å². The van der Waals surface area contributed by atoms with Crippen LogP contribution in [0, 0.1) is 0 Å². The van der Waals surface area contributed by atoms with Crippen LogP contribution < -0.4 is 97.2 Å². The molecule has 0 bridgehead atoms. The number of fused-ring (bicyclic) bond motifs is 4. The third-order valence-electron chi connectivity index (χ3n) is 22.9. The van der Waals surface area contributed by atoms with E-state index in [4.69, 9.17) is 165 Å². The van der Waals surface area contributed by atoms with Gasteiger partial charge in [-0.25, -0.2) is 0 Å². The van der Waals surface area contributed by atoms with E-state index in [9.17, 15) is 59.4 Å². The Morgan fingerprint density at radius 2 is 0.849 bits per heavy atom. The van der Waals surface area contributed by atoms with Gasteiger partial charge in [0.15, 0.2) is 83.5 Å². The molecule has 0 aromatic heterocycles. The Labute approximate surface area is 853 Å². The molecule has 13 unspecified atom stereocenters. The Balaban J connectivity index is 0.000000241. The van der Waals surface area contributed by atoms with Gasteiger partial charge in [-0.1, -0.05) is 37.8 Å². The Hall–Kier alpha value is -3.24. The van der Waals surface area contributed by atoms with Gasteiger partial charge in [-0.15, -0.1) is 0 Å². The number of carboxylic acid groups (broad SMARTS) is 2. The fourth-order valence-electron chi connectivity index (χ4n) is 16.8. The summed E-state index contributed by atoms with van der Waals surface area (Å²) in [5, 5.41) is 84.0. The number of hydrogen-bond donors (Lipinski definition) is 11. The number of aliphatic hydroxyl groups is 6. The van der Waals surface area contributed by atoms with E-state index in [0.29, 0.717) is 52.8 Å². The first-order valence-electron chi connectivity index (χ1n) is 45.9. The maximum absolute atomic E-state index is 12.2. The normalized spacial score (nSPS) is 34.8. The van der Waals surface area contributed by atoms with Crippen LogP contribution in [0.3, 0.4) is 0 Å². The van der Waals surface area contributed by atoms with Crippen molar-refractivity contribution in [3.63, 3.8) is 0 Å². The minimum absolute atomic E-state index is 0. The SMILES string of the molecule is C.CC1(C)OCC([C@H]2O[C@@H]3OC(C)(C)OC3[C@@H]2O)O1.CC1(C)OCC([C@H]2O[C@@H]3OC(C)(C)OC3[C@@H]2OCCO)O1.CC1(C)OCC([C@H]2O[C@@H]3OC(C)(C)OC3[C@@H]2OCCOCCN)O1.CC1(C)OCC([C@H]2O[C@@H]3OC(C)(C)OC3[C@@H]2OCCOCCNC(=O)C(N)CC(=O)OCc2ccccc2)O1.NC(CC(=O)NC(CC(=O)[O-])C(=O)CCCOCCO[C@@H]1C(O)[C@H](O)OC(CO)[C@H]1O)C(=O)[O-].[Na+].[Na+]. The van der Waals surface area contributed by atoms with Crippen LogP contribution in [0.5, 0.6) is 0 Å². The zero-order valence-electron chi connectivity index (χ0n) is 82.0. The monoisotopic (exact) mass is 2020 g/mol. The van der Waals surface area contributed by atoms with E-state index in [2.05, 4.69) is 10.6 Å². The van der Waals surface area contributed by atoms with Crippen molar-refractivity contribution in [2.75, 3.05) is 119 Å². The number of nitrogens with two attached hydrogens (primary N) is 3. The molecule has 50 heteroatoms. The third kappa shape index (κ3) is 36.6. The molecule has 13 aliphatic heterocycles. The molecule has 13 saturated heterocycles. The third-order valence-corrected chi connectivity index (χ3v) is 22.9. The molecule has 14 N–H and O–H groups in total. The smallest absolute Gasteiger partial charge is 0.550 e. The number of aliphatic carboxylic acids is 2. The van der Waals surface area contributed by atoms with Crippen molar-refractivity contribution in [3.8, 4) is 0 Å². The van der Waals surface area contributed by atoms with Crippen LogP contribution in [0.15, 0.2) is 30.3 Å². The van der Waals surface area contributed by atoms with Crippen LogP contribution in [-0.4, -0.2) is 403 Å². The molecule has 2 amide bonds. The van der Waals surface area contributed by atoms with Crippen molar-refractivity contribution in [2.45, 2.75) is 375 Å². The van der Waals surface area contributed by atoms with Gasteiger partial charge in [0, 0.05) is 44.9 Å². The molecule has 0 saturated carbocycles. The van der Waals surface area contributed by atoms with E-state index in [0.717, 1.165) is 5.56 Å². The molecule has 48 nitrogen and oxygen atoms in total. The zero-order chi connectivity index (χ0) is 99.6. The van der Waals surface area contributed by atoms with Crippen molar-refractivity contribution >= 4 is 35.5 Å². The number of rotatable bonds is 41. The van der Waals surface area contributed by atoms with Gasteiger partial charge >= 0.3 is 65.1 Å². The summed E-state index contributed by atoms with van der Waals surface area (Å²) >= 11 is 0. The summed E-state index contributed by atoms with van der Waals surface area (Å²) in [5.41, 5.74) is 17.3. The molecule has 0 spiro atoms. The number of aliphatic hydroxyl groups excluding tert-OH is 6. The Morgan fingerprint density at radius 3 is 1.25 bits per heavy atom. The first-order valence-corrected chi connectivity index (χ1v) is 45.9. The van der Waals surface area contributed by atoms with Crippen LogP contribution in [-0.2, 0) is 173 Å². The molecule has 14 rings (SSSR count). The van der Waals surface area contributed by atoms with E-state index in [-0.39, 0.29) is 213 Å². The second-order valence-electron chi connectivity index (χ2n) is 37.8. The summed E-state index contributed by atoms with van der Waals surface area (Å²) in [6.07, 6.45) is -16.7. The van der Waals surface area contributed by atoms with E-state index in [1.165, 1.54) is 0 Å². The minimum Gasteiger partial charge on any atom is -0.550 e. The molecule has 1 aromatic carbocycles. The van der Waals surface area contributed by atoms with Crippen molar-refractivity contribution in [1.29, 1.82) is 0 Å². The van der Waals surface area contributed by atoms with Crippen LogP contribution in [0.25, 0.3) is 0 Å². The van der Waals surface area contributed by atoms with Gasteiger partial charge in [-0.3, -0.25) is 19.2 Å². The average Bonchev–Trinajstić information content (AvgIpc) is 1.62. The number of esters is 1. The van der Waals surface area contributed by atoms with Crippen molar-refractivity contribution < 1.29 is 266 Å². The quantitative estimate of drug-likeness (QED) is 0.0165. The Kier molecular flexibility index (Phi) is 48.4.